The summed E-state index contributed by atoms with van der Waals surface area (Å²) in [6.45, 7) is 0. The third-order valence-electron chi connectivity index (χ3n) is 3.66. The third-order valence-corrected chi connectivity index (χ3v) is 3.66. The molecule has 116 valence electrons. The molecular formula is C17H13NO5. The van der Waals surface area contributed by atoms with Crippen LogP contribution in [0.1, 0.15) is 26.3 Å². The number of ether oxygens (including phenoxy) is 2. The maximum absolute atomic E-state index is 12.6. The van der Waals surface area contributed by atoms with Crippen molar-refractivity contribution in [2.24, 2.45) is 0 Å². The fraction of sp³-hybridized carbons (Fsp3) is 0.118. The van der Waals surface area contributed by atoms with E-state index in [0.717, 1.165) is 0 Å². The molecule has 1 aliphatic rings. The lowest BCUT2D eigenvalue weighted by Gasteiger charge is -2.06. The molecule has 0 atom stereocenters. The number of Topliss-reactive ketones (excluding diaryl/α,β-unsaturated/α-hetero) is 1. The molecule has 6 nitrogen and oxygen atoms in total. The van der Waals surface area contributed by atoms with Crippen molar-refractivity contribution in [2.75, 3.05) is 14.2 Å². The van der Waals surface area contributed by atoms with Crippen molar-refractivity contribution < 1.29 is 23.8 Å². The number of rotatable bonds is 3. The van der Waals surface area contributed by atoms with Gasteiger partial charge in [-0.1, -0.05) is 12.1 Å². The second-order valence-corrected chi connectivity index (χ2v) is 4.90. The van der Waals surface area contributed by atoms with Gasteiger partial charge in [0.15, 0.2) is 0 Å². The van der Waals surface area contributed by atoms with Crippen LogP contribution in [0.3, 0.4) is 0 Å². The zero-order valence-electron chi connectivity index (χ0n) is 12.5. The van der Waals surface area contributed by atoms with Crippen molar-refractivity contribution in [3.05, 3.63) is 64.4 Å². The van der Waals surface area contributed by atoms with Gasteiger partial charge >= 0.3 is 5.97 Å². The fourth-order valence-corrected chi connectivity index (χ4v) is 2.55. The summed E-state index contributed by atoms with van der Waals surface area (Å²) in [7, 11) is 2.72. The summed E-state index contributed by atoms with van der Waals surface area (Å²) in [6.07, 6.45) is 0. The number of hydrogen-bond donors (Lipinski definition) is 0. The minimum absolute atomic E-state index is 0.0283. The van der Waals surface area contributed by atoms with Gasteiger partial charge in [-0.05, 0) is 24.3 Å². The van der Waals surface area contributed by atoms with E-state index in [9.17, 15) is 14.8 Å². The highest BCUT2D eigenvalue weighted by molar-refractivity contribution is 6.52. The van der Waals surface area contributed by atoms with E-state index in [1.54, 1.807) is 24.3 Å². The summed E-state index contributed by atoms with van der Waals surface area (Å²) < 4.78 is 10.4. The van der Waals surface area contributed by atoms with Crippen LogP contribution in [0.5, 0.6) is 5.75 Å². The molecule has 6 heteroatoms. The van der Waals surface area contributed by atoms with Gasteiger partial charge in [0.25, 0.3) is 11.5 Å². The van der Waals surface area contributed by atoms with Gasteiger partial charge in [-0.3, -0.25) is 4.79 Å². The Morgan fingerprint density at radius 3 is 2.52 bits per heavy atom. The van der Waals surface area contributed by atoms with Crippen molar-refractivity contribution >= 4 is 23.2 Å². The Morgan fingerprint density at radius 2 is 1.83 bits per heavy atom. The number of fused-ring (bicyclic) bond motifs is 1. The molecule has 0 radical (unpaired) electrons. The first-order valence-electron chi connectivity index (χ1n) is 6.83. The number of methoxy groups -OCH3 is 2. The molecule has 1 aliphatic heterocycles. The van der Waals surface area contributed by atoms with Gasteiger partial charge in [0.1, 0.15) is 11.3 Å². The first kappa shape index (κ1) is 14.8. The van der Waals surface area contributed by atoms with Gasteiger partial charge in [-0.25, -0.2) is 4.79 Å². The summed E-state index contributed by atoms with van der Waals surface area (Å²) in [5.41, 5.74) is 0.957. The van der Waals surface area contributed by atoms with Crippen molar-refractivity contribution in [2.45, 2.75) is 0 Å². The minimum Gasteiger partial charge on any atom is -0.618 e. The Balaban J connectivity index is 2.17. The van der Waals surface area contributed by atoms with Crippen molar-refractivity contribution in [3.63, 3.8) is 0 Å². The molecule has 0 fully saturated rings. The molecule has 23 heavy (non-hydrogen) atoms. The maximum atomic E-state index is 12.6. The Hall–Kier alpha value is -3.15. The van der Waals surface area contributed by atoms with Crippen LogP contribution in [0, 0.1) is 5.21 Å². The molecule has 0 amide bonds. The molecule has 0 aliphatic carbocycles. The van der Waals surface area contributed by atoms with E-state index in [-0.39, 0.29) is 22.5 Å². The second-order valence-electron chi connectivity index (χ2n) is 4.90. The van der Waals surface area contributed by atoms with Gasteiger partial charge in [-0.2, -0.15) is 4.74 Å². The van der Waals surface area contributed by atoms with Crippen LogP contribution < -0.4 is 4.74 Å². The van der Waals surface area contributed by atoms with Crippen LogP contribution >= 0.6 is 0 Å². The zero-order chi connectivity index (χ0) is 16.6. The largest absolute Gasteiger partial charge is 0.618 e. The summed E-state index contributed by atoms with van der Waals surface area (Å²) in [5, 5.41) is 12.6. The van der Waals surface area contributed by atoms with E-state index in [1.807, 2.05) is 0 Å². The van der Waals surface area contributed by atoms with E-state index < -0.39 is 11.8 Å². The quantitative estimate of drug-likeness (QED) is 0.494. The van der Waals surface area contributed by atoms with Gasteiger partial charge in [0, 0.05) is 6.07 Å². The highest BCUT2D eigenvalue weighted by atomic mass is 16.5. The van der Waals surface area contributed by atoms with E-state index in [4.69, 9.17) is 4.74 Å². The van der Waals surface area contributed by atoms with E-state index in [0.29, 0.717) is 16.1 Å². The molecule has 2 aromatic carbocycles. The Morgan fingerprint density at radius 1 is 1.09 bits per heavy atom. The van der Waals surface area contributed by atoms with Crippen LogP contribution in [0.15, 0.2) is 42.5 Å². The maximum Gasteiger partial charge on any atom is 0.338 e. The first-order valence-corrected chi connectivity index (χ1v) is 6.83. The first-order chi connectivity index (χ1) is 11.1. The average Bonchev–Trinajstić information content (AvgIpc) is 2.84. The third kappa shape index (κ3) is 2.24. The molecule has 0 bridgehead atoms. The average molecular weight is 311 g/mol. The molecule has 0 saturated carbocycles. The van der Waals surface area contributed by atoms with Crippen LogP contribution in [0.4, 0.5) is 5.69 Å². The topological polar surface area (TPSA) is 78.7 Å². The molecule has 1 heterocycles. The molecule has 3 rings (SSSR count). The van der Waals surface area contributed by atoms with Crippen molar-refractivity contribution in [1.29, 1.82) is 0 Å². The van der Waals surface area contributed by atoms with Crippen LogP contribution in [0.25, 0.3) is 0 Å². The summed E-state index contributed by atoms with van der Waals surface area (Å²) in [6, 6.07) is 11.1. The summed E-state index contributed by atoms with van der Waals surface area (Å²) in [4.78, 5) is 24.2. The molecular weight excluding hydrogens is 298 g/mol. The molecule has 0 aromatic heterocycles. The second kappa shape index (κ2) is 5.57. The highest BCUT2D eigenvalue weighted by Crippen LogP contribution is 2.31. The molecule has 0 N–H and O–H groups in total. The standard InChI is InChI=1S/C17H13NO5/c1-22-14-6-4-3-5-12(14)15-16(19)11-8-7-10(17(20)23-2)9-13(11)18(15)21/h3-9H,1-2H3. The number of benzene rings is 2. The van der Waals surface area contributed by atoms with Gasteiger partial charge in [-0.15, -0.1) is 0 Å². The van der Waals surface area contributed by atoms with E-state index >= 15 is 0 Å². The zero-order valence-corrected chi connectivity index (χ0v) is 12.5. The van der Waals surface area contributed by atoms with E-state index in [2.05, 4.69) is 4.74 Å². The smallest absolute Gasteiger partial charge is 0.338 e. The summed E-state index contributed by atoms with van der Waals surface area (Å²) in [5.74, 6) is -0.548. The predicted molar refractivity (Wildman–Crippen MR) is 82.5 cm³/mol. The monoisotopic (exact) mass is 311 g/mol. The molecule has 2 aromatic rings. The lowest BCUT2D eigenvalue weighted by Crippen LogP contribution is -2.17. The Bertz CT molecular complexity index is 854. The van der Waals surface area contributed by atoms with Crippen LogP contribution in [-0.2, 0) is 4.74 Å². The summed E-state index contributed by atoms with van der Waals surface area (Å²) >= 11 is 0. The fourth-order valence-electron chi connectivity index (χ4n) is 2.55. The lowest BCUT2D eigenvalue weighted by molar-refractivity contribution is -0.355. The van der Waals surface area contributed by atoms with Crippen LogP contribution in [-0.4, -0.2) is 36.4 Å². The molecule has 0 spiro atoms. The lowest BCUT2D eigenvalue weighted by atomic mass is 10.0. The number of nitrogens with zero attached hydrogens (tertiary/aromatic N) is 1. The van der Waals surface area contributed by atoms with Crippen molar-refractivity contribution in [1.82, 2.24) is 0 Å². The minimum atomic E-state index is -0.570. The Kier molecular flexibility index (Phi) is 3.57. The van der Waals surface area contributed by atoms with Gasteiger partial charge < -0.3 is 14.7 Å². The van der Waals surface area contributed by atoms with Gasteiger partial charge in [0.2, 0.25) is 5.69 Å². The number of carbonyl (C=O) groups is 2. The van der Waals surface area contributed by atoms with Crippen molar-refractivity contribution in [3.8, 4) is 5.75 Å². The molecule has 0 saturated heterocycles. The molecule has 0 unspecified atom stereocenters. The number of hydrogen-bond acceptors (Lipinski definition) is 5. The number of para-hydroxylation sites is 1. The normalized spacial score (nSPS) is 13.0. The Labute approximate surface area is 132 Å². The number of esters is 1. The SMILES string of the molecule is COC(=O)c1ccc2c(c1)[N+]([O-])=C(c1ccccc1OC)C2=O. The predicted octanol–water partition coefficient (Wildman–Crippen LogP) is 2.31. The van der Waals surface area contributed by atoms with E-state index in [1.165, 1.54) is 32.4 Å². The number of carbonyl (C=O) groups excluding carboxylic acids is 2. The number of ketones is 1. The van der Waals surface area contributed by atoms with Gasteiger partial charge in [0.05, 0.1) is 25.3 Å². The highest BCUT2D eigenvalue weighted by Gasteiger charge is 2.38. The van der Waals surface area contributed by atoms with Crippen LogP contribution in [0.2, 0.25) is 0 Å².